The second kappa shape index (κ2) is 10.2. The minimum atomic E-state index is -3.34. The highest BCUT2D eigenvalue weighted by molar-refractivity contribution is 9.10. The molecular formula is C25H24BrO4P. The van der Waals surface area contributed by atoms with Gasteiger partial charge in [-0.05, 0) is 31.5 Å². The molecule has 0 aliphatic rings. The molecule has 3 aromatic carbocycles. The lowest BCUT2D eigenvalue weighted by Crippen LogP contribution is -2.27. The highest BCUT2D eigenvalue weighted by Crippen LogP contribution is 2.58. The van der Waals surface area contributed by atoms with Crippen molar-refractivity contribution in [2.45, 2.75) is 32.0 Å². The zero-order valence-corrected chi connectivity index (χ0v) is 19.9. The van der Waals surface area contributed by atoms with Gasteiger partial charge in [0.25, 0.3) is 0 Å². The summed E-state index contributed by atoms with van der Waals surface area (Å²) in [6.07, 6.45) is -0.619. The third-order valence-electron chi connectivity index (χ3n) is 4.92. The second-order valence-electron chi connectivity index (χ2n) is 7.48. The van der Waals surface area contributed by atoms with E-state index in [0.717, 1.165) is 10.0 Å². The maximum atomic E-state index is 14.9. The van der Waals surface area contributed by atoms with E-state index in [1.807, 2.05) is 84.9 Å². The molecule has 6 heteroatoms. The first-order valence-corrected chi connectivity index (χ1v) is 12.6. The molecule has 0 aliphatic heterocycles. The number of Topliss-reactive ketones (excluding diaryl/α,β-unsaturated/α-hetero) is 1. The van der Waals surface area contributed by atoms with Gasteiger partial charge in [-0.3, -0.25) is 4.79 Å². The van der Waals surface area contributed by atoms with E-state index < -0.39 is 30.7 Å². The Morgan fingerprint density at radius 2 is 1.32 bits per heavy atom. The van der Waals surface area contributed by atoms with Crippen molar-refractivity contribution in [1.82, 2.24) is 0 Å². The van der Waals surface area contributed by atoms with Crippen LogP contribution in [0.1, 0.15) is 31.5 Å². The SMILES string of the molecule is CC(C)OC(=O)C(=O)CC(c1ccc(Br)cc1)P(=O)(c1ccccc1)c1ccccc1. The van der Waals surface area contributed by atoms with E-state index in [2.05, 4.69) is 15.9 Å². The molecule has 0 heterocycles. The average molecular weight is 499 g/mol. The lowest BCUT2D eigenvalue weighted by molar-refractivity contribution is -0.156. The van der Waals surface area contributed by atoms with Crippen LogP contribution in [0.25, 0.3) is 0 Å². The number of ether oxygens (including phenoxy) is 1. The Labute approximate surface area is 191 Å². The summed E-state index contributed by atoms with van der Waals surface area (Å²) in [4.78, 5) is 25.1. The molecule has 0 fully saturated rings. The van der Waals surface area contributed by atoms with Crippen LogP contribution in [0.4, 0.5) is 0 Å². The van der Waals surface area contributed by atoms with E-state index in [-0.39, 0.29) is 6.42 Å². The van der Waals surface area contributed by atoms with Gasteiger partial charge in [0.1, 0.15) is 0 Å². The van der Waals surface area contributed by atoms with Gasteiger partial charge in [-0.2, -0.15) is 0 Å². The van der Waals surface area contributed by atoms with E-state index in [9.17, 15) is 14.2 Å². The molecule has 0 aliphatic carbocycles. The van der Waals surface area contributed by atoms with Gasteiger partial charge in [-0.25, -0.2) is 4.79 Å². The highest BCUT2D eigenvalue weighted by Gasteiger charge is 2.40. The molecule has 31 heavy (non-hydrogen) atoms. The lowest BCUT2D eigenvalue weighted by Gasteiger charge is -2.29. The zero-order chi connectivity index (χ0) is 22.4. The number of halogens is 1. The highest BCUT2D eigenvalue weighted by atomic mass is 79.9. The number of hydrogen-bond acceptors (Lipinski definition) is 4. The average Bonchev–Trinajstić information content (AvgIpc) is 2.78. The molecule has 0 radical (unpaired) electrons. The first-order chi connectivity index (χ1) is 14.8. The van der Waals surface area contributed by atoms with Crippen LogP contribution in [0, 0.1) is 0 Å². The van der Waals surface area contributed by atoms with E-state index in [1.165, 1.54) is 0 Å². The second-order valence-corrected chi connectivity index (χ2v) is 11.4. The molecule has 4 nitrogen and oxygen atoms in total. The van der Waals surface area contributed by atoms with Gasteiger partial charge in [-0.1, -0.05) is 88.7 Å². The van der Waals surface area contributed by atoms with Crippen LogP contribution in [-0.2, 0) is 18.9 Å². The van der Waals surface area contributed by atoms with E-state index in [0.29, 0.717) is 10.6 Å². The normalized spacial score (nSPS) is 12.4. The van der Waals surface area contributed by atoms with Crippen LogP contribution < -0.4 is 10.6 Å². The van der Waals surface area contributed by atoms with Crippen LogP contribution in [0.15, 0.2) is 89.4 Å². The largest absolute Gasteiger partial charge is 0.457 e. The first-order valence-electron chi connectivity index (χ1n) is 10.0. The fourth-order valence-electron chi connectivity index (χ4n) is 3.49. The smallest absolute Gasteiger partial charge is 0.374 e. The van der Waals surface area contributed by atoms with Crippen LogP contribution in [0.3, 0.4) is 0 Å². The summed E-state index contributed by atoms with van der Waals surface area (Å²) in [5.74, 6) is -1.58. The summed E-state index contributed by atoms with van der Waals surface area (Å²) >= 11 is 3.43. The Kier molecular flexibility index (Phi) is 7.64. The topological polar surface area (TPSA) is 60.4 Å². The third kappa shape index (κ3) is 5.41. The summed E-state index contributed by atoms with van der Waals surface area (Å²) in [5, 5.41) is 1.28. The van der Waals surface area contributed by atoms with Crippen molar-refractivity contribution < 1.29 is 18.9 Å². The molecule has 3 aromatic rings. The molecule has 0 N–H and O–H groups in total. The number of benzene rings is 3. The quantitative estimate of drug-likeness (QED) is 0.236. The van der Waals surface area contributed by atoms with Crippen molar-refractivity contribution in [3.8, 4) is 0 Å². The number of carbonyl (C=O) groups is 2. The molecule has 0 aromatic heterocycles. The monoisotopic (exact) mass is 498 g/mol. The van der Waals surface area contributed by atoms with E-state index in [1.54, 1.807) is 13.8 Å². The Bertz CT molecular complexity index is 1040. The van der Waals surface area contributed by atoms with Crippen molar-refractivity contribution in [3.05, 3.63) is 95.0 Å². The summed E-state index contributed by atoms with van der Waals surface area (Å²) in [5.41, 5.74) is 0.0162. The number of ketones is 1. The molecule has 160 valence electrons. The van der Waals surface area contributed by atoms with E-state index in [4.69, 9.17) is 4.74 Å². The molecule has 1 atom stereocenters. The van der Waals surface area contributed by atoms with Crippen molar-refractivity contribution in [2.75, 3.05) is 0 Å². The van der Waals surface area contributed by atoms with E-state index >= 15 is 0 Å². The van der Waals surface area contributed by atoms with Crippen LogP contribution in [0.2, 0.25) is 0 Å². The summed E-state index contributed by atoms with van der Waals surface area (Å²) in [7, 11) is -3.34. The van der Waals surface area contributed by atoms with Crippen LogP contribution in [0.5, 0.6) is 0 Å². The maximum Gasteiger partial charge on any atom is 0.374 e. The summed E-state index contributed by atoms with van der Waals surface area (Å²) in [6.45, 7) is 3.38. The molecule has 3 rings (SSSR count). The van der Waals surface area contributed by atoms with Crippen LogP contribution >= 0.6 is 23.1 Å². The fourth-order valence-corrected chi connectivity index (χ4v) is 7.02. The number of hydrogen-bond donors (Lipinski definition) is 0. The van der Waals surface area contributed by atoms with Gasteiger partial charge >= 0.3 is 5.97 Å². The molecule has 0 spiro atoms. The third-order valence-corrected chi connectivity index (χ3v) is 8.94. The molecule has 0 bridgehead atoms. The Balaban J connectivity index is 2.16. The molecule has 0 amide bonds. The molecule has 0 saturated carbocycles. The predicted molar refractivity (Wildman–Crippen MR) is 127 cm³/mol. The Hall–Kier alpha value is -2.49. The number of rotatable bonds is 8. The van der Waals surface area contributed by atoms with Crippen molar-refractivity contribution >= 4 is 45.4 Å². The van der Waals surface area contributed by atoms with Crippen molar-refractivity contribution in [2.24, 2.45) is 0 Å². The van der Waals surface area contributed by atoms with Gasteiger partial charge in [0.15, 0.2) is 7.14 Å². The number of esters is 1. The maximum absolute atomic E-state index is 14.9. The molecule has 1 unspecified atom stereocenters. The van der Waals surface area contributed by atoms with Gasteiger partial charge in [0.05, 0.1) is 11.8 Å². The fraction of sp³-hybridized carbons (Fsp3) is 0.200. The summed E-state index contributed by atoms with van der Waals surface area (Å²) in [6, 6.07) is 25.7. The minimum absolute atomic E-state index is 0.214. The minimum Gasteiger partial charge on any atom is -0.457 e. The van der Waals surface area contributed by atoms with Gasteiger partial charge < -0.3 is 9.30 Å². The van der Waals surface area contributed by atoms with Gasteiger partial charge in [-0.15, -0.1) is 0 Å². The van der Waals surface area contributed by atoms with Gasteiger partial charge in [0.2, 0.25) is 5.78 Å². The predicted octanol–water partition coefficient (Wildman–Crippen LogP) is 5.42. The van der Waals surface area contributed by atoms with Crippen molar-refractivity contribution in [1.29, 1.82) is 0 Å². The van der Waals surface area contributed by atoms with Crippen molar-refractivity contribution in [3.63, 3.8) is 0 Å². The molecule has 0 saturated heterocycles. The number of carbonyl (C=O) groups excluding carboxylic acids is 2. The lowest BCUT2D eigenvalue weighted by atomic mass is 10.1. The first kappa shape index (κ1) is 23.2. The Morgan fingerprint density at radius 1 is 0.839 bits per heavy atom. The standard InChI is InChI=1S/C25H24BrO4P/c1-18(2)30-25(28)23(27)17-24(19-13-15-20(26)16-14-19)31(29,21-9-5-3-6-10-21)22-11-7-4-8-12-22/h3-16,18,24H,17H2,1-2H3. The Morgan fingerprint density at radius 3 is 1.77 bits per heavy atom. The van der Waals surface area contributed by atoms with Gasteiger partial charge in [0, 0.05) is 21.5 Å². The zero-order valence-electron chi connectivity index (χ0n) is 17.4. The summed E-state index contributed by atoms with van der Waals surface area (Å²) < 4.78 is 20.8. The molecular weight excluding hydrogens is 475 g/mol. The van der Waals surface area contributed by atoms with Crippen LogP contribution in [-0.4, -0.2) is 17.9 Å².